The highest BCUT2D eigenvalue weighted by atomic mass is 16.5. The van der Waals surface area contributed by atoms with Crippen LogP contribution in [-0.4, -0.2) is 32.2 Å². The molecule has 0 N–H and O–H groups in total. The van der Waals surface area contributed by atoms with Crippen molar-refractivity contribution in [2.75, 3.05) is 20.9 Å². The van der Waals surface area contributed by atoms with Crippen molar-refractivity contribution in [1.29, 1.82) is 0 Å². The highest BCUT2D eigenvalue weighted by Crippen LogP contribution is 2.16. The molecule has 1 aromatic rings. The highest BCUT2D eigenvalue weighted by molar-refractivity contribution is 5.45. The van der Waals surface area contributed by atoms with Crippen LogP contribution in [0.3, 0.4) is 0 Å². The van der Waals surface area contributed by atoms with E-state index in [9.17, 15) is 4.79 Å². The topological polar surface area (TPSA) is 29.5 Å². The molecule has 0 aliphatic carbocycles. The maximum atomic E-state index is 9.74. The minimum absolute atomic E-state index is 0.365. The number of amides is 1. The molecular formula is C14H23NO2. The summed E-state index contributed by atoms with van der Waals surface area (Å²) in [5.74, 6) is 0.709. The molecule has 3 nitrogen and oxygen atoms in total. The Labute approximate surface area is 104 Å². The number of rotatable bonds is 5. The Balaban J connectivity index is 0.000000325. The Bertz CT molecular complexity index is 288. The molecule has 96 valence electrons. The van der Waals surface area contributed by atoms with Gasteiger partial charge in [0.1, 0.15) is 6.73 Å². The van der Waals surface area contributed by atoms with Crippen LogP contribution in [0.15, 0.2) is 30.3 Å². The summed E-state index contributed by atoms with van der Waals surface area (Å²) in [6.45, 7) is 4.84. The molecule has 1 aromatic carbocycles. The lowest BCUT2D eigenvalue weighted by Gasteiger charge is -2.06. The molecule has 0 bridgehead atoms. The predicted molar refractivity (Wildman–Crippen MR) is 70.9 cm³/mol. The van der Waals surface area contributed by atoms with Gasteiger partial charge in [0.05, 0.1) is 0 Å². The molecule has 0 fully saturated rings. The smallest absolute Gasteiger partial charge is 0.211 e. The van der Waals surface area contributed by atoms with Crippen molar-refractivity contribution < 1.29 is 9.53 Å². The van der Waals surface area contributed by atoms with Gasteiger partial charge in [-0.05, 0) is 17.9 Å². The van der Waals surface area contributed by atoms with Gasteiger partial charge in [-0.1, -0.05) is 44.2 Å². The van der Waals surface area contributed by atoms with Gasteiger partial charge in [-0.2, -0.15) is 0 Å². The molecule has 1 unspecified atom stereocenters. The summed E-state index contributed by atoms with van der Waals surface area (Å²) in [5.41, 5.74) is 1.45. The van der Waals surface area contributed by atoms with Crippen molar-refractivity contribution in [3.63, 3.8) is 0 Å². The van der Waals surface area contributed by atoms with Crippen LogP contribution < -0.4 is 0 Å². The molecular weight excluding hydrogens is 214 g/mol. The van der Waals surface area contributed by atoms with E-state index in [1.165, 1.54) is 16.9 Å². The summed E-state index contributed by atoms with van der Waals surface area (Å²) < 4.78 is 4.59. The molecule has 1 atom stereocenters. The van der Waals surface area contributed by atoms with Gasteiger partial charge in [-0.25, -0.2) is 0 Å². The zero-order valence-corrected chi connectivity index (χ0v) is 11.2. The first-order chi connectivity index (χ1) is 8.15. The summed E-state index contributed by atoms with van der Waals surface area (Å²) in [7, 11) is 3.19. The maximum Gasteiger partial charge on any atom is 0.211 e. The van der Waals surface area contributed by atoms with E-state index in [0.717, 1.165) is 0 Å². The lowest BCUT2D eigenvalue weighted by atomic mass is 9.99. The third-order valence-electron chi connectivity index (χ3n) is 2.49. The van der Waals surface area contributed by atoms with Crippen molar-refractivity contribution in [1.82, 2.24) is 4.90 Å². The van der Waals surface area contributed by atoms with E-state index in [4.69, 9.17) is 0 Å². The predicted octanol–water partition coefficient (Wildman–Crippen LogP) is 2.88. The Hall–Kier alpha value is -1.35. The van der Waals surface area contributed by atoms with Crippen LogP contribution in [0.5, 0.6) is 0 Å². The minimum Gasteiger partial charge on any atom is -0.364 e. The zero-order chi connectivity index (χ0) is 13.1. The molecule has 0 saturated heterocycles. The molecule has 0 aromatic heterocycles. The SMILES string of the molecule is CCC(C)c1ccccc1.COCN(C)C=O. The first kappa shape index (κ1) is 15.7. The Morgan fingerprint density at radius 1 is 1.35 bits per heavy atom. The van der Waals surface area contributed by atoms with Crippen LogP contribution in [-0.2, 0) is 9.53 Å². The van der Waals surface area contributed by atoms with Gasteiger partial charge in [-0.15, -0.1) is 0 Å². The summed E-state index contributed by atoms with van der Waals surface area (Å²) in [4.78, 5) is 11.1. The second kappa shape index (κ2) is 9.85. The number of methoxy groups -OCH3 is 1. The maximum absolute atomic E-state index is 9.74. The van der Waals surface area contributed by atoms with Crippen LogP contribution in [0.1, 0.15) is 31.7 Å². The van der Waals surface area contributed by atoms with Crippen LogP contribution in [0, 0.1) is 0 Å². The minimum atomic E-state index is 0.365. The van der Waals surface area contributed by atoms with Gasteiger partial charge in [0.2, 0.25) is 6.41 Å². The van der Waals surface area contributed by atoms with Gasteiger partial charge >= 0.3 is 0 Å². The van der Waals surface area contributed by atoms with Crippen molar-refractivity contribution in [3.05, 3.63) is 35.9 Å². The molecule has 0 heterocycles. The van der Waals surface area contributed by atoms with Gasteiger partial charge in [0.25, 0.3) is 0 Å². The van der Waals surface area contributed by atoms with Gasteiger partial charge in [-0.3, -0.25) is 4.79 Å². The fourth-order valence-electron chi connectivity index (χ4n) is 1.25. The van der Waals surface area contributed by atoms with Crippen molar-refractivity contribution in [2.24, 2.45) is 0 Å². The zero-order valence-electron chi connectivity index (χ0n) is 11.2. The van der Waals surface area contributed by atoms with E-state index in [2.05, 4.69) is 48.9 Å². The first-order valence-corrected chi connectivity index (χ1v) is 5.85. The van der Waals surface area contributed by atoms with Gasteiger partial charge < -0.3 is 9.64 Å². The molecule has 1 rings (SSSR count). The van der Waals surface area contributed by atoms with Gasteiger partial charge in [0.15, 0.2) is 0 Å². The number of nitrogens with zero attached hydrogens (tertiary/aromatic N) is 1. The third kappa shape index (κ3) is 7.53. The second-order valence-electron chi connectivity index (χ2n) is 4.00. The molecule has 0 radical (unpaired) electrons. The van der Waals surface area contributed by atoms with Crippen LogP contribution >= 0.6 is 0 Å². The molecule has 1 amide bonds. The van der Waals surface area contributed by atoms with Crippen LogP contribution in [0.4, 0.5) is 0 Å². The van der Waals surface area contributed by atoms with Crippen LogP contribution in [0.2, 0.25) is 0 Å². The average Bonchev–Trinajstić information content (AvgIpc) is 2.39. The standard InChI is InChI=1S/C10H14.C4H9NO2/c1-3-9(2)10-7-5-4-6-8-10;1-5(3-6)4-7-2/h4-9H,3H2,1-2H3;3H,4H2,1-2H3. The van der Waals surface area contributed by atoms with E-state index >= 15 is 0 Å². The number of ether oxygens (including phenoxy) is 1. The molecule has 0 aliphatic heterocycles. The summed E-state index contributed by atoms with van der Waals surface area (Å²) in [5, 5.41) is 0. The molecule has 0 aliphatic rings. The quantitative estimate of drug-likeness (QED) is 0.582. The largest absolute Gasteiger partial charge is 0.364 e. The summed E-state index contributed by atoms with van der Waals surface area (Å²) in [6.07, 6.45) is 1.94. The fraction of sp³-hybridized carbons (Fsp3) is 0.500. The van der Waals surface area contributed by atoms with E-state index < -0.39 is 0 Å². The monoisotopic (exact) mass is 237 g/mol. The number of hydrogen-bond donors (Lipinski definition) is 0. The lowest BCUT2D eigenvalue weighted by molar-refractivity contribution is -0.120. The normalized spacial score (nSPS) is 11.1. The molecule has 0 saturated carbocycles. The summed E-state index contributed by atoms with van der Waals surface area (Å²) in [6, 6.07) is 10.6. The van der Waals surface area contributed by atoms with Gasteiger partial charge in [0, 0.05) is 14.2 Å². The Morgan fingerprint density at radius 2 is 1.94 bits per heavy atom. The average molecular weight is 237 g/mol. The number of carbonyl (C=O) groups is 1. The van der Waals surface area contributed by atoms with Crippen LogP contribution in [0.25, 0.3) is 0 Å². The number of benzene rings is 1. The molecule has 17 heavy (non-hydrogen) atoms. The van der Waals surface area contributed by atoms with E-state index in [0.29, 0.717) is 19.1 Å². The van der Waals surface area contributed by atoms with Crippen molar-refractivity contribution in [3.8, 4) is 0 Å². The van der Waals surface area contributed by atoms with E-state index in [1.807, 2.05) is 0 Å². The highest BCUT2D eigenvalue weighted by Gasteiger charge is 1.98. The molecule has 3 heteroatoms. The Kier molecular flexibility index (Phi) is 9.06. The fourth-order valence-corrected chi connectivity index (χ4v) is 1.25. The molecule has 0 spiro atoms. The second-order valence-corrected chi connectivity index (χ2v) is 4.00. The van der Waals surface area contributed by atoms with Crippen molar-refractivity contribution >= 4 is 6.41 Å². The lowest BCUT2D eigenvalue weighted by Crippen LogP contribution is -2.17. The van der Waals surface area contributed by atoms with E-state index in [1.54, 1.807) is 14.2 Å². The number of hydrogen-bond acceptors (Lipinski definition) is 2. The van der Waals surface area contributed by atoms with E-state index in [-0.39, 0.29) is 0 Å². The Morgan fingerprint density at radius 3 is 2.29 bits per heavy atom. The third-order valence-corrected chi connectivity index (χ3v) is 2.49. The summed E-state index contributed by atoms with van der Waals surface area (Å²) >= 11 is 0. The number of carbonyl (C=O) groups excluding carboxylic acids is 1. The first-order valence-electron chi connectivity index (χ1n) is 5.85. The van der Waals surface area contributed by atoms with Crippen molar-refractivity contribution in [2.45, 2.75) is 26.2 Å².